The number of rotatable bonds is 4. The zero-order chi connectivity index (χ0) is 17.8. The van der Waals surface area contributed by atoms with Gasteiger partial charge in [0.25, 0.3) is 5.91 Å². The quantitative estimate of drug-likeness (QED) is 0.847. The second-order valence-corrected chi connectivity index (χ2v) is 6.84. The number of carbonyl (C=O) groups excluding carboxylic acids is 2. The molecule has 25 heavy (non-hydrogen) atoms. The van der Waals surface area contributed by atoms with Crippen LogP contribution in [0, 0.1) is 0 Å². The third-order valence-corrected chi connectivity index (χ3v) is 4.71. The van der Waals surface area contributed by atoms with Gasteiger partial charge in [-0.15, -0.1) is 0 Å². The Morgan fingerprint density at radius 3 is 2.64 bits per heavy atom. The number of nitrogens with zero attached hydrogens (tertiary/aromatic N) is 2. The maximum absolute atomic E-state index is 12.7. The molecule has 0 aliphatic carbocycles. The van der Waals surface area contributed by atoms with Crippen molar-refractivity contribution in [1.29, 1.82) is 0 Å². The summed E-state index contributed by atoms with van der Waals surface area (Å²) in [6.45, 7) is 2.17. The van der Waals surface area contributed by atoms with E-state index in [1.165, 1.54) is 0 Å². The van der Waals surface area contributed by atoms with Crippen LogP contribution >= 0.6 is 15.9 Å². The summed E-state index contributed by atoms with van der Waals surface area (Å²) in [7, 11) is 2.05. The first-order valence-electron chi connectivity index (χ1n) is 8.11. The number of furan rings is 1. The van der Waals surface area contributed by atoms with Gasteiger partial charge in [0.2, 0.25) is 5.91 Å². The molecule has 1 saturated heterocycles. The number of hydrogen-bond donors (Lipinski definition) is 1. The summed E-state index contributed by atoms with van der Waals surface area (Å²) in [5.41, 5.74) is 1.10. The standard InChI is InChI=1S/C18H20BrN3O3/c1-21-9-10-22(14(12-21)13-5-3-2-4-6-13)17(23)11-20-18(24)15-7-8-16(19)25-15/h2-8,14H,9-12H2,1H3,(H,20,24)/t14-/m1/s1. The Kier molecular flexibility index (Phi) is 5.55. The highest BCUT2D eigenvalue weighted by atomic mass is 79.9. The Bertz CT molecular complexity index is 747. The van der Waals surface area contributed by atoms with Crippen LogP contribution in [0.3, 0.4) is 0 Å². The molecular weight excluding hydrogens is 386 g/mol. The highest BCUT2D eigenvalue weighted by molar-refractivity contribution is 9.10. The Labute approximate surface area is 154 Å². The number of piperazine rings is 1. The van der Waals surface area contributed by atoms with Gasteiger partial charge in [0.05, 0.1) is 12.6 Å². The summed E-state index contributed by atoms with van der Waals surface area (Å²) in [6, 6.07) is 13.2. The lowest BCUT2D eigenvalue weighted by molar-refractivity contribution is -0.135. The van der Waals surface area contributed by atoms with E-state index in [2.05, 4.69) is 26.1 Å². The zero-order valence-corrected chi connectivity index (χ0v) is 15.5. The molecule has 0 spiro atoms. The highest BCUT2D eigenvalue weighted by Gasteiger charge is 2.30. The predicted molar refractivity (Wildman–Crippen MR) is 97.1 cm³/mol. The van der Waals surface area contributed by atoms with Crippen molar-refractivity contribution in [2.45, 2.75) is 6.04 Å². The van der Waals surface area contributed by atoms with E-state index in [1.807, 2.05) is 42.3 Å². The fourth-order valence-corrected chi connectivity index (χ4v) is 3.27. The summed E-state index contributed by atoms with van der Waals surface area (Å²) in [5, 5.41) is 2.63. The molecule has 1 aromatic carbocycles. The Balaban J connectivity index is 1.66. The number of benzene rings is 1. The normalized spacial score (nSPS) is 18.2. The van der Waals surface area contributed by atoms with E-state index >= 15 is 0 Å². The second-order valence-electron chi connectivity index (χ2n) is 6.06. The SMILES string of the molecule is CN1CCN(C(=O)CNC(=O)c2ccc(Br)o2)[C@@H](c2ccccc2)C1. The lowest BCUT2D eigenvalue weighted by Crippen LogP contribution is -2.51. The van der Waals surface area contributed by atoms with E-state index in [0.717, 1.165) is 18.7 Å². The smallest absolute Gasteiger partial charge is 0.287 e. The molecule has 3 rings (SSSR count). The minimum absolute atomic E-state index is 0.0119. The largest absolute Gasteiger partial charge is 0.444 e. The van der Waals surface area contributed by atoms with Crippen molar-refractivity contribution in [2.24, 2.45) is 0 Å². The number of nitrogens with one attached hydrogen (secondary N) is 1. The first kappa shape index (κ1) is 17.7. The first-order valence-corrected chi connectivity index (χ1v) is 8.90. The molecule has 0 radical (unpaired) electrons. The van der Waals surface area contributed by atoms with Crippen molar-refractivity contribution in [3.63, 3.8) is 0 Å². The van der Waals surface area contributed by atoms with Gasteiger partial charge in [-0.3, -0.25) is 9.59 Å². The molecule has 132 valence electrons. The summed E-state index contributed by atoms with van der Waals surface area (Å²) < 4.78 is 5.68. The van der Waals surface area contributed by atoms with Gasteiger partial charge in [-0.05, 0) is 40.7 Å². The van der Waals surface area contributed by atoms with Gasteiger partial charge in [-0.25, -0.2) is 0 Å². The van der Waals surface area contributed by atoms with Crippen LogP contribution < -0.4 is 5.32 Å². The molecular formula is C18H20BrN3O3. The van der Waals surface area contributed by atoms with Gasteiger partial charge < -0.3 is 19.5 Å². The molecule has 1 N–H and O–H groups in total. The molecule has 1 atom stereocenters. The van der Waals surface area contributed by atoms with Crippen molar-refractivity contribution in [3.05, 3.63) is 58.5 Å². The highest BCUT2D eigenvalue weighted by Crippen LogP contribution is 2.24. The fourth-order valence-electron chi connectivity index (χ4n) is 2.96. The molecule has 0 unspecified atom stereocenters. The van der Waals surface area contributed by atoms with Crippen LogP contribution in [0.25, 0.3) is 0 Å². The number of carbonyl (C=O) groups is 2. The monoisotopic (exact) mass is 405 g/mol. The van der Waals surface area contributed by atoms with E-state index in [1.54, 1.807) is 12.1 Å². The van der Waals surface area contributed by atoms with Gasteiger partial charge in [-0.1, -0.05) is 30.3 Å². The lowest BCUT2D eigenvalue weighted by Gasteiger charge is -2.40. The Morgan fingerprint density at radius 2 is 1.96 bits per heavy atom. The average molecular weight is 406 g/mol. The molecule has 0 saturated carbocycles. The van der Waals surface area contributed by atoms with Crippen LogP contribution in [0.4, 0.5) is 0 Å². The van der Waals surface area contributed by atoms with E-state index < -0.39 is 5.91 Å². The van der Waals surface area contributed by atoms with Gasteiger partial charge in [-0.2, -0.15) is 0 Å². The van der Waals surface area contributed by atoms with Crippen LogP contribution in [0.2, 0.25) is 0 Å². The minimum Gasteiger partial charge on any atom is -0.444 e. The van der Waals surface area contributed by atoms with Gasteiger partial charge in [0.1, 0.15) is 0 Å². The van der Waals surface area contributed by atoms with E-state index in [4.69, 9.17) is 4.42 Å². The maximum Gasteiger partial charge on any atom is 0.287 e. The number of hydrogen-bond acceptors (Lipinski definition) is 4. The molecule has 7 heteroatoms. The van der Waals surface area contributed by atoms with Gasteiger partial charge in [0.15, 0.2) is 10.4 Å². The first-order chi connectivity index (χ1) is 12.0. The van der Waals surface area contributed by atoms with E-state index in [-0.39, 0.29) is 24.3 Å². The third kappa shape index (κ3) is 4.29. The molecule has 2 amide bonds. The molecule has 6 nitrogen and oxygen atoms in total. The molecule has 1 aromatic heterocycles. The van der Waals surface area contributed by atoms with Crippen LogP contribution in [-0.4, -0.2) is 54.8 Å². The molecule has 1 fully saturated rings. The van der Waals surface area contributed by atoms with Gasteiger partial charge >= 0.3 is 0 Å². The van der Waals surface area contributed by atoms with Gasteiger partial charge in [0, 0.05) is 19.6 Å². The lowest BCUT2D eigenvalue weighted by atomic mass is 10.0. The maximum atomic E-state index is 12.7. The zero-order valence-electron chi connectivity index (χ0n) is 13.9. The van der Waals surface area contributed by atoms with E-state index in [9.17, 15) is 9.59 Å². The predicted octanol–water partition coefficient (Wildman–Crippen LogP) is 2.29. The minimum atomic E-state index is -0.399. The van der Waals surface area contributed by atoms with Crippen molar-refractivity contribution in [3.8, 4) is 0 Å². The van der Waals surface area contributed by atoms with Crippen LogP contribution in [0.1, 0.15) is 22.2 Å². The fraction of sp³-hybridized carbons (Fsp3) is 0.333. The number of amides is 2. The Morgan fingerprint density at radius 1 is 1.20 bits per heavy atom. The van der Waals surface area contributed by atoms with Crippen LogP contribution in [-0.2, 0) is 4.79 Å². The Hall–Kier alpha value is -2.12. The van der Waals surface area contributed by atoms with Crippen molar-refractivity contribution in [2.75, 3.05) is 33.2 Å². The molecule has 2 aromatic rings. The average Bonchev–Trinajstić information content (AvgIpc) is 3.06. The molecule has 0 bridgehead atoms. The summed E-state index contributed by atoms with van der Waals surface area (Å²) in [5.74, 6) is -0.317. The number of halogens is 1. The molecule has 1 aliphatic heterocycles. The number of likely N-dealkylation sites (N-methyl/N-ethyl adjacent to an activating group) is 1. The summed E-state index contributed by atoms with van der Waals surface area (Å²) >= 11 is 3.16. The van der Waals surface area contributed by atoms with Crippen molar-refractivity contribution < 1.29 is 14.0 Å². The topological polar surface area (TPSA) is 65.8 Å². The van der Waals surface area contributed by atoms with Crippen LogP contribution in [0.5, 0.6) is 0 Å². The third-order valence-electron chi connectivity index (χ3n) is 4.29. The van der Waals surface area contributed by atoms with Crippen molar-refractivity contribution >= 4 is 27.7 Å². The van der Waals surface area contributed by atoms with Crippen molar-refractivity contribution in [1.82, 2.24) is 15.1 Å². The molecule has 2 heterocycles. The summed E-state index contributed by atoms with van der Waals surface area (Å²) in [6.07, 6.45) is 0. The summed E-state index contributed by atoms with van der Waals surface area (Å²) in [4.78, 5) is 28.8. The molecule has 1 aliphatic rings. The van der Waals surface area contributed by atoms with E-state index in [0.29, 0.717) is 11.2 Å². The van der Waals surface area contributed by atoms with Crippen LogP contribution in [0.15, 0.2) is 51.6 Å². The second kappa shape index (κ2) is 7.84.